The zero-order valence-electron chi connectivity index (χ0n) is 9.49. The van der Waals surface area contributed by atoms with E-state index in [1.807, 2.05) is 0 Å². The van der Waals surface area contributed by atoms with Gasteiger partial charge in [0.05, 0.1) is 19.2 Å². The van der Waals surface area contributed by atoms with Gasteiger partial charge in [-0.05, 0) is 13.8 Å². The van der Waals surface area contributed by atoms with Crippen molar-refractivity contribution in [1.29, 1.82) is 0 Å². The SMILES string of the molecule is COC(=O)CCNC(=O)c1c(C)noc1C. The molecule has 0 radical (unpaired) electrons. The van der Waals surface area contributed by atoms with E-state index < -0.39 is 0 Å². The lowest BCUT2D eigenvalue weighted by Crippen LogP contribution is -2.27. The molecule has 0 saturated carbocycles. The Bertz CT molecular complexity index is 378. The Morgan fingerprint density at radius 1 is 1.44 bits per heavy atom. The average Bonchev–Trinajstić information content (AvgIpc) is 2.58. The van der Waals surface area contributed by atoms with Gasteiger partial charge in [0.25, 0.3) is 5.91 Å². The van der Waals surface area contributed by atoms with Crippen molar-refractivity contribution in [3.8, 4) is 0 Å². The first-order valence-corrected chi connectivity index (χ1v) is 4.84. The van der Waals surface area contributed by atoms with E-state index in [1.54, 1.807) is 13.8 Å². The first kappa shape index (κ1) is 12.2. The van der Waals surface area contributed by atoms with Gasteiger partial charge in [-0.3, -0.25) is 9.59 Å². The Balaban J connectivity index is 2.50. The minimum absolute atomic E-state index is 0.144. The maximum atomic E-state index is 11.7. The lowest BCUT2D eigenvalue weighted by Gasteiger charge is -2.03. The van der Waals surface area contributed by atoms with E-state index >= 15 is 0 Å². The number of hydrogen-bond acceptors (Lipinski definition) is 5. The number of nitrogens with one attached hydrogen (secondary N) is 1. The van der Waals surface area contributed by atoms with Crippen molar-refractivity contribution < 1.29 is 18.8 Å². The van der Waals surface area contributed by atoms with Crippen molar-refractivity contribution in [3.63, 3.8) is 0 Å². The predicted molar refractivity (Wildman–Crippen MR) is 54.9 cm³/mol. The van der Waals surface area contributed by atoms with Crippen LogP contribution in [0.1, 0.15) is 28.2 Å². The minimum Gasteiger partial charge on any atom is -0.469 e. The van der Waals surface area contributed by atoms with Gasteiger partial charge < -0.3 is 14.6 Å². The molecule has 0 atom stereocenters. The number of aromatic nitrogens is 1. The monoisotopic (exact) mass is 226 g/mol. The molecule has 0 saturated heterocycles. The number of esters is 1. The van der Waals surface area contributed by atoms with Gasteiger partial charge in [0.2, 0.25) is 0 Å². The molecular weight excluding hydrogens is 212 g/mol. The van der Waals surface area contributed by atoms with Gasteiger partial charge in [-0.15, -0.1) is 0 Å². The second kappa shape index (κ2) is 5.29. The molecule has 6 nitrogen and oxygen atoms in total. The highest BCUT2D eigenvalue weighted by atomic mass is 16.5. The predicted octanol–water partition coefficient (Wildman–Crippen LogP) is 0.584. The number of amides is 1. The van der Waals surface area contributed by atoms with Gasteiger partial charge >= 0.3 is 5.97 Å². The molecule has 1 rings (SSSR count). The van der Waals surface area contributed by atoms with Crippen molar-refractivity contribution in [2.75, 3.05) is 13.7 Å². The van der Waals surface area contributed by atoms with Crippen LogP contribution in [0.25, 0.3) is 0 Å². The second-order valence-electron chi connectivity index (χ2n) is 3.28. The van der Waals surface area contributed by atoms with E-state index in [1.165, 1.54) is 7.11 Å². The Morgan fingerprint density at radius 2 is 2.12 bits per heavy atom. The third-order valence-corrected chi connectivity index (χ3v) is 2.10. The van der Waals surface area contributed by atoms with Crippen LogP contribution in [-0.2, 0) is 9.53 Å². The average molecular weight is 226 g/mol. The molecule has 0 fully saturated rings. The molecule has 0 aliphatic rings. The van der Waals surface area contributed by atoms with Crippen molar-refractivity contribution in [1.82, 2.24) is 10.5 Å². The first-order valence-electron chi connectivity index (χ1n) is 4.84. The lowest BCUT2D eigenvalue weighted by atomic mass is 10.2. The van der Waals surface area contributed by atoms with Crippen LogP contribution in [0.2, 0.25) is 0 Å². The normalized spacial score (nSPS) is 9.94. The summed E-state index contributed by atoms with van der Waals surface area (Å²) >= 11 is 0. The zero-order valence-corrected chi connectivity index (χ0v) is 9.49. The Labute approximate surface area is 92.9 Å². The van der Waals surface area contributed by atoms with Crippen LogP contribution in [0.15, 0.2) is 4.52 Å². The summed E-state index contributed by atoms with van der Waals surface area (Å²) < 4.78 is 9.31. The van der Waals surface area contributed by atoms with Crippen molar-refractivity contribution >= 4 is 11.9 Å². The highest BCUT2D eigenvalue weighted by molar-refractivity contribution is 5.96. The Hall–Kier alpha value is -1.85. The van der Waals surface area contributed by atoms with E-state index in [9.17, 15) is 9.59 Å². The first-order chi connectivity index (χ1) is 7.56. The van der Waals surface area contributed by atoms with Crippen LogP contribution < -0.4 is 5.32 Å². The Kier molecular flexibility index (Phi) is 4.04. The quantitative estimate of drug-likeness (QED) is 0.759. The van der Waals surface area contributed by atoms with Crippen LogP contribution >= 0.6 is 0 Å². The summed E-state index contributed by atoms with van der Waals surface area (Å²) in [6, 6.07) is 0. The number of aryl methyl sites for hydroxylation is 2. The standard InChI is InChI=1S/C10H14N2O4/c1-6-9(7(2)16-12-6)10(14)11-5-4-8(13)15-3/h4-5H2,1-3H3,(H,11,14). The molecule has 0 spiro atoms. The van der Waals surface area contributed by atoms with Crippen molar-refractivity contribution in [3.05, 3.63) is 17.0 Å². The smallest absolute Gasteiger partial charge is 0.307 e. The van der Waals surface area contributed by atoms with Crippen molar-refractivity contribution in [2.45, 2.75) is 20.3 Å². The van der Waals surface area contributed by atoms with Gasteiger partial charge in [0, 0.05) is 6.54 Å². The molecule has 6 heteroatoms. The summed E-state index contributed by atoms with van der Waals surface area (Å²) in [6.45, 7) is 3.58. The van der Waals surface area contributed by atoms with Crippen LogP contribution in [0.3, 0.4) is 0 Å². The largest absolute Gasteiger partial charge is 0.469 e. The lowest BCUT2D eigenvalue weighted by molar-refractivity contribution is -0.140. The molecule has 0 bridgehead atoms. The van der Waals surface area contributed by atoms with E-state index in [0.29, 0.717) is 17.0 Å². The van der Waals surface area contributed by atoms with Gasteiger partial charge in [0.1, 0.15) is 11.3 Å². The molecule has 0 unspecified atom stereocenters. The molecule has 88 valence electrons. The summed E-state index contributed by atoms with van der Waals surface area (Å²) in [4.78, 5) is 22.5. The maximum absolute atomic E-state index is 11.7. The summed E-state index contributed by atoms with van der Waals surface area (Å²) in [7, 11) is 1.30. The fourth-order valence-electron chi connectivity index (χ4n) is 1.28. The Morgan fingerprint density at radius 3 is 2.62 bits per heavy atom. The summed E-state index contributed by atoms with van der Waals surface area (Å²) in [6.07, 6.45) is 0.144. The van der Waals surface area contributed by atoms with Gasteiger partial charge in [-0.2, -0.15) is 0 Å². The third-order valence-electron chi connectivity index (χ3n) is 2.10. The number of hydrogen-bond donors (Lipinski definition) is 1. The zero-order chi connectivity index (χ0) is 12.1. The fourth-order valence-corrected chi connectivity index (χ4v) is 1.28. The molecule has 0 aliphatic heterocycles. The fraction of sp³-hybridized carbons (Fsp3) is 0.500. The number of rotatable bonds is 4. The summed E-state index contributed by atoms with van der Waals surface area (Å²) in [5, 5.41) is 6.26. The third kappa shape index (κ3) is 2.82. The highest BCUT2D eigenvalue weighted by Crippen LogP contribution is 2.11. The molecule has 0 aromatic carbocycles. The molecule has 1 heterocycles. The van der Waals surface area contributed by atoms with Crippen LogP contribution in [0, 0.1) is 13.8 Å². The summed E-state index contributed by atoms with van der Waals surface area (Å²) in [5.41, 5.74) is 0.956. The molecule has 1 aromatic rings. The molecule has 0 aliphatic carbocycles. The number of carbonyl (C=O) groups is 2. The maximum Gasteiger partial charge on any atom is 0.307 e. The molecular formula is C10H14N2O4. The van der Waals surface area contributed by atoms with E-state index in [4.69, 9.17) is 4.52 Å². The molecule has 16 heavy (non-hydrogen) atoms. The highest BCUT2D eigenvalue weighted by Gasteiger charge is 2.16. The van der Waals surface area contributed by atoms with Crippen LogP contribution in [-0.4, -0.2) is 30.7 Å². The van der Waals surface area contributed by atoms with Gasteiger partial charge in [-0.25, -0.2) is 0 Å². The number of carbonyl (C=O) groups excluding carboxylic acids is 2. The van der Waals surface area contributed by atoms with Gasteiger partial charge in [0.15, 0.2) is 0 Å². The molecule has 1 aromatic heterocycles. The number of methoxy groups -OCH3 is 1. The molecule has 1 amide bonds. The van der Waals surface area contributed by atoms with E-state index in [-0.39, 0.29) is 24.8 Å². The second-order valence-corrected chi connectivity index (χ2v) is 3.28. The van der Waals surface area contributed by atoms with Gasteiger partial charge in [-0.1, -0.05) is 5.16 Å². The number of ether oxygens (including phenoxy) is 1. The van der Waals surface area contributed by atoms with E-state index in [0.717, 1.165) is 0 Å². The van der Waals surface area contributed by atoms with Crippen LogP contribution in [0.5, 0.6) is 0 Å². The molecule has 1 N–H and O–H groups in total. The van der Waals surface area contributed by atoms with Crippen LogP contribution in [0.4, 0.5) is 0 Å². The number of nitrogens with zero attached hydrogens (tertiary/aromatic N) is 1. The van der Waals surface area contributed by atoms with Crippen molar-refractivity contribution in [2.24, 2.45) is 0 Å². The minimum atomic E-state index is -0.362. The topological polar surface area (TPSA) is 81.4 Å². The van der Waals surface area contributed by atoms with E-state index in [2.05, 4.69) is 15.2 Å². The summed E-state index contributed by atoms with van der Waals surface area (Å²) in [5.74, 6) is -0.188.